The van der Waals surface area contributed by atoms with Crippen LogP contribution in [0.4, 0.5) is 0 Å². The molecule has 1 unspecified atom stereocenters. The number of hydrogen-bond acceptors (Lipinski definition) is 0. The molecule has 0 N–H and O–H groups in total. The van der Waals surface area contributed by atoms with Crippen molar-refractivity contribution in [3.63, 3.8) is 0 Å². The Kier molecular flexibility index (Phi) is 1.16. The molecule has 0 nitrogen and oxygen atoms in total. The molecule has 1 aliphatic heterocycles. The van der Waals surface area contributed by atoms with Crippen molar-refractivity contribution < 1.29 is 0 Å². The molecule has 0 saturated heterocycles. The molecule has 0 saturated carbocycles. The molecule has 0 aromatic heterocycles. The summed E-state index contributed by atoms with van der Waals surface area (Å²) >= 11 is 0. The fourth-order valence-electron chi connectivity index (χ4n) is 0.554. The zero-order valence-electron chi connectivity index (χ0n) is 3.94. The lowest BCUT2D eigenvalue weighted by Gasteiger charge is -1.81. The van der Waals surface area contributed by atoms with E-state index >= 15 is 0 Å². The Morgan fingerprint density at radius 1 is 1.67 bits per heavy atom. The van der Waals surface area contributed by atoms with Gasteiger partial charge in [-0.05, 0) is 12.8 Å². The van der Waals surface area contributed by atoms with E-state index in [1.807, 2.05) is 0 Å². The van der Waals surface area contributed by atoms with Crippen LogP contribution in [0.2, 0.25) is 0 Å². The zero-order chi connectivity index (χ0) is 4.41. The molecule has 1 heteroatoms. The molecule has 1 atom stereocenters. The van der Waals surface area contributed by atoms with Crippen molar-refractivity contribution in [2.45, 2.75) is 0 Å². The Hall–Kier alpha value is 0.0400. The predicted octanol–water partition coefficient (Wildman–Crippen LogP) is 1.20. The Morgan fingerprint density at radius 2 is 2.50 bits per heavy atom. The van der Waals surface area contributed by atoms with E-state index in [0.717, 1.165) is 0 Å². The van der Waals surface area contributed by atoms with E-state index in [-0.39, 0.29) is 7.55 Å². The van der Waals surface area contributed by atoms with Crippen LogP contribution >= 0.6 is 7.55 Å². The summed E-state index contributed by atoms with van der Waals surface area (Å²) in [6.07, 6.45) is 5.77. The molecule has 0 aromatic rings. The molecule has 34 valence electrons. The molecule has 0 bridgehead atoms. The second-order valence-electron chi connectivity index (χ2n) is 1.65. The second-order valence-corrected chi connectivity index (χ2v) is 4.08. The lowest BCUT2D eigenvalue weighted by Crippen LogP contribution is -1.56. The van der Waals surface area contributed by atoms with Crippen LogP contribution in [0, 0.1) is 0 Å². The SMILES string of the molecule is C[PH]1=CC=CC1. The van der Waals surface area contributed by atoms with Crippen LogP contribution in [0.25, 0.3) is 0 Å². The van der Waals surface area contributed by atoms with Gasteiger partial charge >= 0.3 is 0 Å². The van der Waals surface area contributed by atoms with E-state index in [0.29, 0.717) is 0 Å². The van der Waals surface area contributed by atoms with Crippen molar-refractivity contribution >= 4 is 13.3 Å². The summed E-state index contributed by atoms with van der Waals surface area (Å²) in [5, 5.41) is 0. The molecule has 0 amide bonds. The summed E-state index contributed by atoms with van der Waals surface area (Å²) in [5.74, 6) is 2.32. The number of hydrogen-bond donors (Lipinski definition) is 0. The Bertz CT molecular complexity index is 101. The summed E-state index contributed by atoms with van der Waals surface area (Å²) in [7, 11) is 0.00669. The van der Waals surface area contributed by atoms with Crippen molar-refractivity contribution in [2.75, 3.05) is 12.8 Å². The number of rotatable bonds is 0. The highest BCUT2D eigenvalue weighted by atomic mass is 31.1. The minimum Gasteiger partial charge on any atom is -0.117 e. The average Bonchev–Trinajstić information content (AvgIpc) is 1.86. The van der Waals surface area contributed by atoms with Crippen LogP contribution in [0.1, 0.15) is 0 Å². The van der Waals surface area contributed by atoms with Crippen LogP contribution in [-0.4, -0.2) is 18.6 Å². The van der Waals surface area contributed by atoms with Crippen LogP contribution in [0.3, 0.4) is 0 Å². The van der Waals surface area contributed by atoms with Gasteiger partial charge in [0.05, 0.1) is 0 Å². The van der Waals surface area contributed by atoms with Crippen LogP contribution < -0.4 is 0 Å². The van der Waals surface area contributed by atoms with Gasteiger partial charge in [0.2, 0.25) is 0 Å². The van der Waals surface area contributed by atoms with Gasteiger partial charge < -0.3 is 0 Å². The fourth-order valence-corrected chi connectivity index (χ4v) is 1.66. The van der Waals surface area contributed by atoms with Gasteiger partial charge in [-0.1, -0.05) is 17.9 Å². The van der Waals surface area contributed by atoms with E-state index < -0.39 is 0 Å². The Balaban J connectivity index is 2.61. The summed E-state index contributed by atoms with van der Waals surface area (Å²) in [5.41, 5.74) is 0. The molecular weight excluding hydrogens is 91.0 g/mol. The van der Waals surface area contributed by atoms with Gasteiger partial charge in [0.15, 0.2) is 0 Å². The van der Waals surface area contributed by atoms with E-state index in [9.17, 15) is 0 Å². The first-order valence-corrected chi connectivity index (χ1v) is 4.50. The van der Waals surface area contributed by atoms with Gasteiger partial charge in [-0.2, -0.15) is 0 Å². The minimum absolute atomic E-state index is 0.00669. The quantitative estimate of drug-likeness (QED) is 0.401. The first-order chi connectivity index (χ1) is 2.89. The van der Waals surface area contributed by atoms with Crippen LogP contribution in [-0.2, 0) is 0 Å². The van der Waals surface area contributed by atoms with Crippen molar-refractivity contribution in [1.82, 2.24) is 0 Å². The van der Waals surface area contributed by atoms with Gasteiger partial charge in [0.1, 0.15) is 0 Å². The topological polar surface area (TPSA) is 0 Å². The fraction of sp³-hybridized carbons (Fsp3) is 0.400. The number of allylic oxidation sites excluding steroid dienone is 2. The highest BCUT2D eigenvalue weighted by Crippen LogP contribution is 2.18. The Morgan fingerprint density at radius 3 is 2.67 bits per heavy atom. The average molecular weight is 100 g/mol. The molecule has 0 aromatic carbocycles. The maximum Gasteiger partial charge on any atom is -0.0171 e. The molecular formula is C5H9P. The van der Waals surface area contributed by atoms with E-state index in [1.54, 1.807) is 0 Å². The maximum atomic E-state index is 2.32. The van der Waals surface area contributed by atoms with Crippen molar-refractivity contribution in [3.8, 4) is 0 Å². The van der Waals surface area contributed by atoms with Gasteiger partial charge in [-0.15, -0.1) is 7.55 Å². The third kappa shape index (κ3) is 0.753. The standard InChI is InChI=1S/C5H9P/c1-6-4-2-3-5-6/h2-4,6H,5H2,1H3. The van der Waals surface area contributed by atoms with E-state index in [1.165, 1.54) is 6.16 Å². The molecule has 1 heterocycles. The molecule has 6 heavy (non-hydrogen) atoms. The lowest BCUT2D eigenvalue weighted by atomic mass is 10.6. The Labute approximate surface area is 39.3 Å². The summed E-state index contributed by atoms with van der Waals surface area (Å²) in [4.78, 5) is 0. The highest BCUT2D eigenvalue weighted by molar-refractivity contribution is 7.57. The molecule has 0 spiro atoms. The lowest BCUT2D eigenvalue weighted by molar-refractivity contribution is 1.80. The predicted molar refractivity (Wildman–Crippen MR) is 34.3 cm³/mol. The minimum atomic E-state index is 0.00669. The van der Waals surface area contributed by atoms with Crippen LogP contribution in [0.15, 0.2) is 12.2 Å². The third-order valence-corrected chi connectivity index (χ3v) is 2.60. The van der Waals surface area contributed by atoms with Crippen molar-refractivity contribution in [3.05, 3.63) is 12.2 Å². The van der Waals surface area contributed by atoms with Gasteiger partial charge in [0.25, 0.3) is 0 Å². The summed E-state index contributed by atoms with van der Waals surface area (Å²) in [6, 6.07) is 0. The van der Waals surface area contributed by atoms with E-state index in [4.69, 9.17) is 0 Å². The smallest absolute Gasteiger partial charge is 0.0171 e. The third-order valence-electron chi connectivity index (χ3n) is 0.957. The van der Waals surface area contributed by atoms with Crippen LogP contribution in [0.5, 0.6) is 0 Å². The molecule has 0 aliphatic carbocycles. The zero-order valence-corrected chi connectivity index (χ0v) is 4.94. The summed E-state index contributed by atoms with van der Waals surface area (Å²) in [6.45, 7) is 2.32. The highest BCUT2D eigenvalue weighted by Gasteiger charge is 1.84. The van der Waals surface area contributed by atoms with Crippen molar-refractivity contribution in [2.24, 2.45) is 0 Å². The molecule has 0 radical (unpaired) electrons. The van der Waals surface area contributed by atoms with Crippen molar-refractivity contribution in [1.29, 1.82) is 0 Å². The largest absolute Gasteiger partial charge is 0.117 e. The first-order valence-electron chi connectivity index (χ1n) is 2.22. The molecule has 0 fully saturated rings. The molecule has 1 aliphatic rings. The first kappa shape index (κ1) is 4.21. The normalized spacial score (nSPS) is 30.5. The summed E-state index contributed by atoms with van der Waals surface area (Å²) < 4.78 is 0. The van der Waals surface area contributed by atoms with Gasteiger partial charge in [-0.25, -0.2) is 0 Å². The monoisotopic (exact) mass is 100 g/mol. The van der Waals surface area contributed by atoms with Gasteiger partial charge in [-0.3, -0.25) is 0 Å². The van der Waals surface area contributed by atoms with E-state index in [2.05, 4.69) is 24.6 Å². The maximum absolute atomic E-state index is 2.32. The molecule has 1 rings (SSSR count). The van der Waals surface area contributed by atoms with Gasteiger partial charge in [0, 0.05) is 0 Å². The second kappa shape index (κ2) is 1.66.